The van der Waals surface area contributed by atoms with Gasteiger partial charge in [-0.25, -0.2) is 0 Å². The number of rotatable bonds is 0. The number of nitrogens with zero attached hydrogens (tertiary/aromatic N) is 1. The fourth-order valence-corrected chi connectivity index (χ4v) is 10.6. The largest absolute Gasteiger partial charge is 0.393 e. The number of fused-ring (bicyclic) bond motifs is 8. The summed E-state index contributed by atoms with van der Waals surface area (Å²) in [6.07, 6.45) is 10.7. The van der Waals surface area contributed by atoms with Crippen molar-refractivity contribution < 1.29 is 10.2 Å². The first-order valence-electron chi connectivity index (χ1n) is 13.5. The second-order valence-corrected chi connectivity index (χ2v) is 13.1. The van der Waals surface area contributed by atoms with Crippen LogP contribution in [0.15, 0.2) is 0 Å². The highest BCUT2D eigenvalue weighted by atomic mass is 16.3. The molecule has 0 spiro atoms. The average Bonchev–Trinajstić information content (AvgIpc) is 3.09. The second-order valence-electron chi connectivity index (χ2n) is 13.1. The Morgan fingerprint density at radius 3 is 2.37 bits per heavy atom. The highest BCUT2D eigenvalue weighted by Crippen LogP contribution is 2.67. The van der Waals surface area contributed by atoms with Gasteiger partial charge >= 0.3 is 0 Å². The van der Waals surface area contributed by atoms with E-state index in [0.717, 1.165) is 79.1 Å². The van der Waals surface area contributed by atoms with Crippen molar-refractivity contribution in [3.63, 3.8) is 0 Å². The minimum absolute atomic E-state index is 0.180. The molecule has 0 radical (unpaired) electrons. The van der Waals surface area contributed by atoms with Gasteiger partial charge < -0.3 is 10.2 Å². The van der Waals surface area contributed by atoms with Crippen molar-refractivity contribution in [1.29, 1.82) is 0 Å². The first-order valence-corrected chi connectivity index (χ1v) is 13.5. The van der Waals surface area contributed by atoms with Crippen LogP contribution in [0, 0.1) is 58.7 Å². The number of hydrogen-bond donors (Lipinski definition) is 2. The van der Waals surface area contributed by atoms with Gasteiger partial charge in [0.25, 0.3) is 0 Å². The Kier molecular flexibility index (Phi) is 4.91. The smallest absolute Gasteiger partial charge is 0.0577 e. The van der Waals surface area contributed by atoms with Crippen molar-refractivity contribution in [1.82, 2.24) is 4.90 Å². The van der Waals surface area contributed by atoms with Gasteiger partial charge in [-0.3, -0.25) is 4.90 Å². The van der Waals surface area contributed by atoms with Crippen molar-refractivity contribution in [2.75, 3.05) is 13.1 Å². The van der Waals surface area contributed by atoms with Crippen LogP contribution in [0.2, 0.25) is 0 Å². The molecule has 4 saturated carbocycles. The lowest BCUT2D eigenvalue weighted by molar-refractivity contribution is -0.130. The Hall–Kier alpha value is -0.120. The maximum absolute atomic E-state index is 11.2. The molecule has 3 heteroatoms. The third kappa shape index (κ3) is 2.86. The highest BCUT2D eigenvalue weighted by molar-refractivity contribution is 5.12. The fraction of sp³-hybridized carbons (Fsp3) is 1.00. The van der Waals surface area contributed by atoms with E-state index in [0.29, 0.717) is 5.92 Å². The summed E-state index contributed by atoms with van der Waals surface area (Å²) in [4.78, 5) is 2.92. The van der Waals surface area contributed by atoms with E-state index < -0.39 is 0 Å². The van der Waals surface area contributed by atoms with Crippen LogP contribution in [0.1, 0.15) is 78.6 Å². The molecule has 2 aliphatic heterocycles. The summed E-state index contributed by atoms with van der Waals surface area (Å²) in [7, 11) is 0. The predicted octanol–water partition coefficient (Wildman–Crippen LogP) is 4.56. The normalized spacial score (nSPS) is 60.7. The molecule has 30 heavy (non-hydrogen) atoms. The maximum atomic E-state index is 11.2. The van der Waals surface area contributed by atoms with Crippen LogP contribution in [0.25, 0.3) is 0 Å². The molecule has 6 aliphatic rings. The molecule has 6 rings (SSSR count). The summed E-state index contributed by atoms with van der Waals surface area (Å²) in [6.45, 7) is 10.3. The van der Waals surface area contributed by atoms with Crippen LogP contribution in [-0.4, -0.2) is 46.5 Å². The van der Waals surface area contributed by atoms with E-state index in [-0.39, 0.29) is 17.6 Å². The molecule has 3 nitrogen and oxygen atoms in total. The van der Waals surface area contributed by atoms with E-state index in [9.17, 15) is 10.2 Å². The van der Waals surface area contributed by atoms with Gasteiger partial charge in [0.05, 0.1) is 12.2 Å². The van der Waals surface area contributed by atoms with E-state index in [1.807, 2.05) is 0 Å². The topological polar surface area (TPSA) is 43.7 Å². The molecular weight excluding hydrogens is 370 g/mol. The maximum Gasteiger partial charge on any atom is 0.0577 e. The van der Waals surface area contributed by atoms with E-state index in [2.05, 4.69) is 25.7 Å². The third-order valence-corrected chi connectivity index (χ3v) is 12.0. The average molecular weight is 416 g/mol. The SMILES string of the molecule is C[C@H]1CC[C@H]2[C@H](C)[C@@H]3CC[C@@H]4[C@@H](C[C@@H]5[C@H]4C[C@@H](O)[C@H]4C[C@@H](O)CC[C@]54C)[C@@H]3CN2C1. The summed E-state index contributed by atoms with van der Waals surface area (Å²) in [6, 6.07) is 0.853. The lowest BCUT2D eigenvalue weighted by atomic mass is 9.51. The van der Waals surface area contributed by atoms with Gasteiger partial charge in [-0.2, -0.15) is 0 Å². The standard InChI is InChI=1S/C27H45NO2/c1-15-4-7-25-16(2)18-5-6-19-20(22(18)14-28(25)13-15)11-23-21(19)12-26(30)24-10-17(29)8-9-27(23,24)3/h15-26,29-30H,4-14H2,1-3H3/t15-,16+,17-,18-,19+,20+,21-,22+,23+,24+,25-,26+,27+/m0/s1. The van der Waals surface area contributed by atoms with Crippen LogP contribution in [0.5, 0.6) is 0 Å². The zero-order chi connectivity index (χ0) is 20.8. The summed E-state index contributed by atoms with van der Waals surface area (Å²) in [5.41, 5.74) is 0.261. The van der Waals surface area contributed by atoms with Gasteiger partial charge in [-0.05, 0) is 116 Å². The van der Waals surface area contributed by atoms with Gasteiger partial charge in [0.2, 0.25) is 0 Å². The first-order chi connectivity index (χ1) is 14.4. The molecule has 13 atom stereocenters. The summed E-state index contributed by atoms with van der Waals surface area (Å²) >= 11 is 0. The third-order valence-electron chi connectivity index (χ3n) is 12.0. The molecule has 0 amide bonds. The second kappa shape index (κ2) is 7.19. The molecule has 0 aromatic carbocycles. The van der Waals surface area contributed by atoms with Crippen LogP contribution in [0.4, 0.5) is 0 Å². The Labute approximate surface area is 184 Å². The monoisotopic (exact) mass is 415 g/mol. The van der Waals surface area contributed by atoms with Crippen molar-refractivity contribution in [2.45, 2.75) is 96.8 Å². The molecule has 2 N–H and O–H groups in total. The zero-order valence-electron chi connectivity index (χ0n) is 19.5. The van der Waals surface area contributed by atoms with Crippen LogP contribution < -0.4 is 0 Å². The van der Waals surface area contributed by atoms with E-state index in [1.165, 1.54) is 45.2 Å². The Bertz CT molecular complexity index is 665. The van der Waals surface area contributed by atoms with Gasteiger partial charge in [0.1, 0.15) is 0 Å². The zero-order valence-corrected chi connectivity index (χ0v) is 19.5. The highest BCUT2D eigenvalue weighted by Gasteiger charge is 2.62. The number of aliphatic hydroxyl groups excluding tert-OH is 2. The lowest BCUT2D eigenvalue weighted by Gasteiger charge is -2.56. The molecule has 0 unspecified atom stereocenters. The minimum Gasteiger partial charge on any atom is -0.393 e. The van der Waals surface area contributed by atoms with Gasteiger partial charge in [-0.1, -0.05) is 20.8 Å². The van der Waals surface area contributed by atoms with Crippen LogP contribution >= 0.6 is 0 Å². The summed E-state index contributed by atoms with van der Waals surface area (Å²) in [5, 5.41) is 21.5. The molecule has 2 heterocycles. The molecule has 4 aliphatic carbocycles. The summed E-state index contributed by atoms with van der Waals surface area (Å²) < 4.78 is 0. The first kappa shape index (κ1) is 20.5. The molecule has 0 bridgehead atoms. The van der Waals surface area contributed by atoms with Crippen LogP contribution in [-0.2, 0) is 0 Å². The lowest BCUT2D eigenvalue weighted by Crippen LogP contribution is -2.58. The summed E-state index contributed by atoms with van der Waals surface area (Å²) in [5.74, 6) is 7.22. The van der Waals surface area contributed by atoms with E-state index >= 15 is 0 Å². The number of hydrogen-bond acceptors (Lipinski definition) is 3. The number of aliphatic hydroxyl groups is 2. The Balaban J connectivity index is 1.28. The van der Waals surface area contributed by atoms with E-state index in [1.54, 1.807) is 0 Å². The Morgan fingerprint density at radius 1 is 0.733 bits per heavy atom. The molecule has 0 aromatic rings. The van der Waals surface area contributed by atoms with Gasteiger partial charge in [-0.15, -0.1) is 0 Å². The van der Waals surface area contributed by atoms with Crippen molar-refractivity contribution in [2.24, 2.45) is 58.7 Å². The van der Waals surface area contributed by atoms with Crippen LogP contribution in [0.3, 0.4) is 0 Å². The van der Waals surface area contributed by atoms with Gasteiger partial charge in [0, 0.05) is 19.1 Å². The van der Waals surface area contributed by atoms with Crippen molar-refractivity contribution in [3.8, 4) is 0 Å². The molecule has 170 valence electrons. The Morgan fingerprint density at radius 2 is 1.53 bits per heavy atom. The fourth-order valence-electron chi connectivity index (χ4n) is 10.6. The molecule has 2 saturated heterocycles. The van der Waals surface area contributed by atoms with Crippen molar-refractivity contribution in [3.05, 3.63) is 0 Å². The number of piperidine rings is 2. The van der Waals surface area contributed by atoms with Gasteiger partial charge in [0.15, 0.2) is 0 Å². The predicted molar refractivity (Wildman–Crippen MR) is 120 cm³/mol. The minimum atomic E-state index is -0.181. The molecular formula is C27H45NO2. The van der Waals surface area contributed by atoms with E-state index in [4.69, 9.17) is 0 Å². The molecule has 0 aromatic heterocycles. The quantitative estimate of drug-likeness (QED) is 0.609. The van der Waals surface area contributed by atoms with Crippen molar-refractivity contribution >= 4 is 0 Å². The molecule has 6 fully saturated rings.